The molecular weight excluding hydrogens is 336 g/mol. The molecule has 3 rings (SSSR count). The first-order valence-corrected chi connectivity index (χ1v) is 9.03. The van der Waals surface area contributed by atoms with Crippen molar-refractivity contribution in [2.45, 2.75) is 13.3 Å². The predicted octanol–water partition coefficient (Wildman–Crippen LogP) is 0.185. The van der Waals surface area contributed by atoms with Crippen LogP contribution in [0.5, 0.6) is 5.88 Å². The van der Waals surface area contributed by atoms with Crippen LogP contribution in [-0.4, -0.2) is 84.6 Å². The van der Waals surface area contributed by atoms with Gasteiger partial charge in [0.2, 0.25) is 17.7 Å². The van der Waals surface area contributed by atoms with E-state index < -0.39 is 0 Å². The number of ether oxygens (including phenoxy) is 1. The Morgan fingerprint density at radius 3 is 2.77 bits per heavy atom. The maximum atomic E-state index is 12.4. The van der Waals surface area contributed by atoms with Crippen LogP contribution in [0.25, 0.3) is 0 Å². The fraction of sp³-hybridized carbons (Fsp3) is 0.647. The van der Waals surface area contributed by atoms with E-state index in [0.29, 0.717) is 51.0 Å². The summed E-state index contributed by atoms with van der Waals surface area (Å²) in [5, 5.41) is 2.97. The van der Waals surface area contributed by atoms with Gasteiger partial charge in [-0.15, -0.1) is 0 Å². The van der Waals surface area contributed by atoms with Crippen LogP contribution in [0.15, 0.2) is 12.3 Å². The zero-order valence-corrected chi connectivity index (χ0v) is 15.3. The van der Waals surface area contributed by atoms with Gasteiger partial charge in [-0.3, -0.25) is 4.79 Å². The van der Waals surface area contributed by atoms with Crippen LogP contribution in [0.2, 0.25) is 0 Å². The van der Waals surface area contributed by atoms with Gasteiger partial charge in [0, 0.05) is 70.4 Å². The molecule has 1 N–H and O–H groups in total. The number of hydrogen-bond donors (Lipinski definition) is 1. The van der Waals surface area contributed by atoms with Gasteiger partial charge in [-0.25, -0.2) is 9.78 Å². The van der Waals surface area contributed by atoms with Crippen molar-refractivity contribution in [1.82, 2.24) is 25.1 Å². The summed E-state index contributed by atoms with van der Waals surface area (Å²) in [5.41, 5.74) is 0. The van der Waals surface area contributed by atoms with E-state index in [1.165, 1.54) is 0 Å². The second-order valence-electron chi connectivity index (χ2n) is 6.56. The van der Waals surface area contributed by atoms with Crippen molar-refractivity contribution in [1.29, 1.82) is 0 Å². The molecule has 1 atom stereocenters. The van der Waals surface area contributed by atoms with E-state index in [9.17, 15) is 9.59 Å². The molecule has 0 radical (unpaired) electrons. The molecule has 2 aliphatic heterocycles. The van der Waals surface area contributed by atoms with Crippen LogP contribution in [0.4, 0.5) is 10.7 Å². The third-order valence-electron chi connectivity index (χ3n) is 4.89. The predicted molar refractivity (Wildman–Crippen MR) is 96.1 cm³/mol. The van der Waals surface area contributed by atoms with E-state index >= 15 is 0 Å². The number of anilines is 1. The average Bonchev–Trinajstić information content (AvgIpc) is 3.06. The molecule has 0 aromatic carbocycles. The molecular formula is C17H26N6O3. The number of hydrogen-bond acceptors (Lipinski definition) is 6. The Bertz CT molecular complexity index is 647. The van der Waals surface area contributed by atoms with E-state index in [0.717, 1.165) is 13.1 Å². The second-order valence-corrected chi connectivity index (χ2v) is 6.56. The molecule has 142 valence electrons. The van der Waals surface area contributed by atoms with Crippen molar-refractivity contribution in [3.05, 3.63) is 12.3 Å². The molecule has 1 aromatic heterocycles. The quantitative estimate of drug-likeness (QED) is 0.804. The molecule has 0 aliphatic carbocycles. The highest BCUT2D eigenvalue weighted by Gasteiger charge is 2.29. The monoisotopic (exact) mass is 362 g/mol. The van der Waals surface area contributed by atoms with E-state index in [-0.39, 0.29) is 17.9 Å². The lowest BCUT2D eigenvalue weighted by molar-refractivity contribution is -0.127. The number of nitrogens with one attached hydrogen (secondary N) is 1. The Balaban J connectivity index is 1.44. The molecule has 2 fully saturated rings. The van der Waals surface area contributed by atoms with Gasteiger partial charge in [-0.1, -0.05) is 0 Å². The van der Waals surface area contributed by atoms with Crippen molar-refractivity contribution in [2.24, 2.45) is 5.92 Å². The molecule has 3 heterocycles. The summed E-state index contributed by atoms with van der Waals surface area (Å²) in [4.78, 5) is 38.4. The molecule has 3 amide bonds. The Morgan fingerprint density at radius 1 is 1.35 bits per heavy atom. The van der Waals surface area contributed by atoms with E-state index in [2.05, 4.69) is 15.3 Å². The van der Waals surface area contributed by atoms with Gasteiger partial charge in [0.1, 0.15) is 0 Å². The summed E-state index contributed by atoms with van der Waals surface area (Å²) in [7, 11) is 1.58. The fourth-order valence-electron chi connectivity index (χ4n) is 3.35. The first-order chi connectivity index (χ1) is 12.6. The maximum absolute atomic E-state index is 12.4. The lowest BCUT2D eigenvalue weighted by Gasteiger charge is -2.34. The average molecular weight is 362 g/mol. The Labute approximate surface area is 153 Å². The molecule has 0 spiro atoms. The largest absolute Gasteiger partial charge is 0.481 e. The minimum Gasteiger partial charge on any atom is -0.481 e. The van der Waals surface area contributed by atoms with Gasteiger partial charge in [0.25, 0.3) is 0 Å². The van der Waals surface area contributed by atoms with Gasteiger partial charge in [0.05, 0.1) is 7.11 Å². The van der Waals surface area contributed by atoms with Gasteiger partial charge in [-0.2, -0.15) is 4.98 Å². The molecule has 2 aliphatic rings. The summed E-state index contributed by atoms with van der Waals surface area (Å²) >= 11 is 0. The molecule has 1 aromatic rings. The van der Waals surface area contributed by atoms with Crippen LogP contribution < -0.4 is 15.0 Å². The number of nitrogens with zero attached hydrogens (tertiary/aromatic N) is 5. The number of methoxy groups -OCH3 is 1. The topological polar surface area (TPSA) is 90.9 Å². The van der Waals surface area contributed by atoms with E-state index in [4.69, 9.17) is 4.74 Å². The highest BCUT2D eigenvalue weighted by atomic mass is 16.5. The van der Waals surface area contributed by atoms with Gasteiger partial charge in [0.15, 0.2) is 0 Å². The number of carbonyl (C=O) groups excluding carboxylic acids is 2. The van der Waals surface area contributed by atoms with Crippen LogP contribution >= 0.6 is 0 Å². The fourth-order valence-corrected chi connectivity index (χ4v) is 3.35. The minimum absolute atomic E-state index is 0.0707. The Kier molecular flexibility index (Phi) is 5.75. The minimum atomic E-state index is -0.0707. The number of carbonyl (C=O) groups is 2. The van der Waals surface area contributed by atoms with E-state index in [1.807, 2.05) is 16.7 Å². The van der Waals surface area contributed by atoms with Crippen LogP contribution in [0.1, 0.15) is 13.3 Å². The SMILES string of the molecule is CCN1CC(CNC(=O)N2CCN(c3nccc(OC)n3)CC2)CC1=O. The molecule has 9 nitrogen and oxygen atoms in total. The molecule has 0 saturated carbocycles. The molecule has 26 heavy (non-hydrogen) atoms. The highest BCUT2D eigenvalue weighted by Crippen LogP contribution is 2.17. The zero-order chi connectivity index (χ0) is 18.5. The van der Waals surface area contributed by atoms with Gasteiger partial charge >= 0.3 is 6.03 Å². The Hall–Kier alpha value is -2.58. The molecule has 9 heteroatoms. The number of rotatable bonds is 5. The maximum Gasteiger partial charge on any atom is 0.317 e. The van der Waals surface area contributed by atoms with Gasteiger partial charge < -0.3 is 24.8 Å². The number of likely N-dealkylation sites (tertiary alicyclic amines) is 1. The lowest BCUT2D eigenvalue weighted by Crippen LogP contribution is -2.52. The van der Waals surface area contributed by atoms with Gasteiger partial charge in [-0.05, 0) is 6.92 Å². The van der Waals surface area contributed by atoms with Crippen LogP contribution in [0.3, 0.4) is 0 Å². The standard InChI is InChI=1S/C17H26N6O3/c1-3-21-12-13(10-15(21)24)11-19-17(25)23-8-6-22(7-9-23)16-18-5-4-14(20-16)26-2/h4-5,13H,3,6-12H2,1-2H3,(H,19,25). The third kappa shape index (κ3) is 4.14. The second kappa shape index (κ2) is 8.20. The molecule has 0 bridgehead atoms. The number of urea groups is 1. The van der Waals surface area contributed by atoms with Crippen molar-refractivity contribution < 1.29 is 14.3 Å². The van der Waals surface area contributed by atoms with Crippen LogP contribution in [-0.2, 0) is 4.79 Å². The lowest BCUT2D eigenvalue weighted by atomic mass is 10.1. The Morgan fingerprint density at radius 2 is 2.12 bits per heavy atom. The summed E-state index contributed by atoms with van der Waals surface area (Å²) in [6.45, 7) is 6.55. The van der Waals surface area contributed by atoms with Crippen molar-refractivity contribution in [3.8, 4) is 5.88 Å². The summed E-state index contributed by atoms with van der Waals surface area (Å²) in [6, 6.07) is 1.64. The van der Waals surface area contributed by atoms with Crippen molar-refractivity contribution in [2.75, 3.05) is 57.8 Å². The van der Waals surface area contributed by atoms with Crippen LogP contribution in [0, 0.1) is 5.92 Å². The summed E-state index contributed by atoms with van der Waals surface area (Å²) < 4.78 is 5.13. The van der Waals surface area contributed by atoms with Crippen molar-refractivity contribution in [3.63, 3.8) is 0 Å². The highest BCUT2D eigenvalue weighted by molar-refractivity contribution is 5.79. The zero-order valence-electron chi connectivity index (χ0n) is 15.3. The number of piperazine rings is 1. The first-order valence-electron chi connectivity index (χ1n) is 9.03. The first kappa shape index (κ1) is 18.2. The smallest absolute Gasteiger partial charge is 0.317 e. The van der Waals surface area contributed by atoms with E-state index in [1.54, 1.807) is 24.3 Å². The molecule has 1 unspecified atom stereocenters. The summed E-state index contributed by atoms with van der Waals surface area (Å²) in [5.74, 6) is 1.53. The normalized spacial score (nSPS) is 20.5. The molecule has 2 saturated heterocycles. The number of aromatic nitrogens is 2. The summed E-state index contributed by atoms with van der Waals surface area (Å²) in [6.07, 6.45) is 2.19. The number of amides is 3. The van der Waals surface area contributed by atoms with Crippen molar-refractivity contribution >= 4 is 17.9 Å². The third-order valence-corrected chi connectivity index (χ3v) is 4.89.